The minimum absolute atomic E-state index is 0.00301. The molecule has 0 bridgehead atoms. The Morgan fingerprint density at radius 3 is 2.14 bits per heavy atom. The number of phenols is 4. The molecule has 4 N–H and O–H groups in total. The molecule has 3 atom stereocenters. The number of hydrogen-bond acceptors (Lipinski definition) is 4. The Bertz CT molecular complexity index is 723. The van der Waals surface area contributed by atoms with Crippen LogP contribution in [-0.2, 0) is 6.42 Å². The number of benzene rings is 2. The van der Waals surface area contributed by atoms with Crippen LogP contribution in [0.25, 0.3) is 0 Å². The maximum absolute atomic E-state index is 9.85. The zero-order valence-corrected chi connectivity index (χ0v) is 12.6. The molecule has 0 heterocycles. The second-order valence-electron chi connectivity index (χ2n) is 6.31. The normalized spacial score (nSPS) is 24.0. The summed E-state index contributed by atoms with van der Waals surface area (Å²) in [6, 6.07) is 8.09. The molecule has 0 aliphatic heterocycles. The molecule has 4 heteroatoms. The molecule has 0 spiro atoms. The Hall–Kier alpha value is -2.36. The highest BCUT2D eigenvalue weighted by molar-refractivity contribution is 5.52. The van der Waals surface area contributed by atoms with E-state index in [1.54, 1.807) is 24.3 Å². The van der Waals surface area contributed by atoms with Crippen LogP contribution in [0, 0.1) is 11.8 Å². The quantitative estimate of drug-likeness (QED) is 0.608. The molecule has 0 amide bonds. The first-order valence-electron chi connectivity index (χ1n) is 7.45. The second-order valence-corrected chi connectivity index (χ2v) is 6.31. The monoisotopic (exact) mass is 300 g/mol. The summed E-state index contributed by atoms with van der Waals surface area (Å²) in [6.45, 7) is 4.30. The molecule has 2 aromatic rings. The van der Waals surface area contributed by atoms with Gasteiger partial charge in [0, 0.05) is 5.92 Å². The van der Waals surface area contributed by atoms with E-state index in [1.165, 1.54) is 6.07 Å². The maximum atomic E-state index is 9.85. The summed E-state index contributed by atoms with van der Waals surface area (Å²) in [5.41, 5.74) is 2.87. The lowest BCUT2D eigenvalue weighted by Crippen LogP contribution is -2.26. The fraction of sp³-hybridized carbons (Fsp3) is 0.333. The van der Waals surface area contributed by atoms with Gasteiger partial charge in [0.25, 0.3) is 0 Å². The summed E-state index contributed by atoms with van der Waals surface area (Å²) in [7, 11) is 0. The molecule has 0 saturated heterocycles. The largest absolute Gasteiger partial charge is 0.504 e. The highest BCUT2D eigenvalue weighted by atomic mass is 16.3. The molecule has 1 aliphatic carbocycles. The van der Waals surface area contributed by atoms with Gasteiger partial charge in [-0.3, -0.25) is 0 Å². The molecular formula is C18H20O4. The molecule has 3 rings (SSSR count). The average Bonchev–Trinajstić information content (AvgIpc) is 2.46. The van der Waals surface area contributed by atoms with Gasteiger partial charge in [-0.1, -0.05) is 19.9 Å². The zero-order chi connectivity index (χ0) is 16.0. The van der Waals surface area contributed by atoms with Crippen LogP contribution in [0.15, 0.2) is 30.3 Å². The fourth-order valence-corrected chi connectivity index (χ4v) is 3.46. The van der Waals surface area contributed by atoms with Gasteiger partial charge in [-0.15, -0.1) is 0 Å². The minimum atomic E-state index is -0.146. The Kier molecular flexibility index (Phi) is 3.39. The number of phenolic OH excluding ortho intramolecular Hbond substituents is 4. The molecule has 0 radical (unpaired) electrons. The lowest BCUT2D eigenvalue weighted by Gasteiger charge is -2.36. The van der Waals surface area contributed by atoms with Crippen LogP contribution in [0.2, 0.25) is 0 Å². The van der Waals surface area contributed by atoms with Gasteiger partial charge < -0.3 is 20.4 Å². The van der Waals surface area contributed by atoms with Gasteiger partial charge in [0.2, 0.25) is 0 Å². The number of fused-ring (bicyclic) bond motifs is 1. The van der Waals surface area contributed by atoms with E-state index in [0.717, 1.165) is 23.1 Å². The van der Waals surface area contributed by atoms with Crippen molar-refractivity contribution in [3.63, 3.8) is 0 Å². The minimum Gasteiger partial charge on any atom is -0.504 e. The van der Waals surface area contributed by atoms with Gasteiger partial charge in [-0.05, 0) is 59.2 Å². The third kappa shape index (κ3) is 2.25. The molecule has 0 aromatic heterocycles. The number of aromatic hydroxyl groups is 4. The second kappa shape index (κ2) is 5.13. The molecule has 2 aromatic carbocycles. The molecule has 0 saturated carbocycles. The third-order valence-corrected chi connectivity index (χ3v) is 4.90. The summed E-state index contributed by atoms with van der Waals surface area (Å²) in [5, 5.41) is 38.9. The summed E-state index contributed by atoms with van der Waals surface area (Å²) in [5.74, 6) is 0.178. The van der Waals surface area contributed by atoms with Crippen molar-refractivity contribution < 1.29 is 20.4 Å². The van der Waals surface area contributed by atoms with E-state index in [0.29, 0.717) is 11.8 Å². The first-order valence-corrected chi connectivity index (χ1v) is 7.45. The van der Waals surface area contributed by atoms with Crippen LogP contribution >= 0.6 is 0 Å². The molecule has 22 heavy (non-hydrogen) atoms. The topological polar surface area (TPSA) is 80.9 Å². The van der Waals surface area contributed by atoms with E-state index in [1.807, 2.05) is 0 Å². The van der Waals surface area contributed by atoms with Crippen LogP contribution in [0.5, 0.6) is 23.0 Å². The first kappa shape index (κ1) is 14.6. The van der Waals surface area contributed by atoms with E-state index in [9.17, 15) is 20.4 Å². The Morgan fingerprint density at radius 2 is 1.45 bits per heavy atom. The van der Waals surface area contributed by atoms with Gasteiger partial charge in [0.1, 0.15) is 0 Å². The molecule has 4 nitrogen and oxygen atoms in total. The molecule has 0 fully saturated rings. The van der Waals surface area contributed by atoms with E-state index in [2.05, 4.69) is 13.8 Å². The van der Waals surface area contributed by atoms with Crippen molar-refractivity contribution in [2.24, 2.45) is 11.8 Å². The van der Waals surface area contributed by atoms with Crippen molar-refractivity contribution in [2.75, 3.05) is 0 Å². The van der Waals surface area contributed by atoms with Gasteiger partial charge >= 0.3 is 0 Å². The van der Waals surface area contributed by atoms with Gasteiger partial charge in [0.05, 0.1) is 0 Å². The van der Waals surface area contributed by atoms with E-state index in [4.69, 9.17) is 0 Å². The van der Waals surface area contributed by atoms with Crippen molar-refractivity contribution in [1.29, 1.82) is 0 Å². The highest BCUT2D eigenvalue weighted by Gasteiger charge is 2.33. The summed E-state index contributed by atoms with van der Waals surface area (Å²) < 4.78 is 0. The van der Waals surface area contributed by atoms with Gasteiger partial charge in [-0.2, -0.15) is 0 Å². The summed E-state index contributed by atoms with van der Waals surface area (Å²) in [4.78, 5) is 0. The molecule has 1 aliphatic rings. The predicted octanol–water partition coefficient (Wildman–Crippen LogP) is 3.47. The van der Waals surface area contributed by atoms with E-state index >= 15 is 0 Å². The van der Waals surface area contributed by atoms with Crippen molar-refractivity contribution in [1.82, 2.24) is 0 Å². The predicted molar refractivity (Wildman–Crippen MR) is 83.4 cm³/mol. The highest BCUT2D eigenvalue weighted by Crippen LogP contribution is 2.47. The van der Waals surface area contributed by atoms with Crippen LogP contribution in [0.4, 0.5) is 0 Å². The zero-order valence-electron chi connectivity index (χ0n) is 12.6. The summed E-state index contributed by atoms with van der Waals surface area (Å²) in [6.07, 6.45) is 0.838. The first-order chi connectivity index (χ1) is 10.4. The summed E-state index contributed by atoms with van der Waals surface area (Å²) >= 11 is 0. The van der Waals surface area contributed by atoms with Crippen molar-refractivity contribution >= 4 is 0 Å². The van der Waals surface area contributed by atoms with E-state index < -0.39 is 0 Å². The van der Waals surface area contributed by atoms with Crippen molar-refractivity contribution in [3.8, 4) is 23.0 Å². The Morgan fingerprint density at radius 1 is 0.818 bits per heavy atom. The maximum Gasteiger partial charge on any atom is 0.157 e. The Balaban J connectivity index is 2.17. The Labute approximate surface area is 129 Å². The number of rotatable bonds is 1. The van der Waals surface area contributed by atoms with Crippen LogP contribution in [-0.4, -0.2) is 20.4 Å². The lowest BCUT2D eigenvalue weighted by molar-refractivity contribution is 0.321. The van der Waals surface area contributed by atoms with E-state index in [-0.39, 0.29) is 28.9 Å². The van der Waals surface area contributed by atoms with Crippen molar-refractivity contribution in [3.05, 3.63) is 47.0 Å². The third-order valence-electron chi connectivity index (χ3n) is 4.90. The molecule has 0 unspecified atom stereocenters. The fourth-order valence-electron chi connectivity index (χ4n) is 3.46. The average molecular weight is 300 g/mol. The van der Waals surface area contributed by atoms with Crippen LogP contribution in [0.1, 0.15) is 36.5 Å². The standard InChI is InChI=1S/C18H20O4/c1-9-5-12-7-16(21)17(22)8-13(12)18(10(9)2)11-3-4-14(19)15(20)6-11/h3-4,6-10,18-22H,5H2,1-2H3/t9-,10+,18+/m1/s1. The van der Waals surface area contributed by atoms with Crippen LogP contribution in [0.3, 0.4) is 0 Å². The van der Waals surface area contributed by atoms with Crippen LogP contribution < -0.4 is 0 Å². The lowest BCUT2D eigenvalue weighted by atomic mass is 9.68. The molecular weight excluding hydrogens is 280 g/mol. The van der Waals surface area contributed by atoms with Gasteiger partial charge in [-0.25, -0.2) is 0 Å². The molecule has 116 valence electrons. The SMILES string of the molecule is C[C@@H]1[C@@H](c2ccc(O)c(O)c2)c2cc(O)c(O)cc2C[C@H]1C. The van der Waals surface area contributed by atoms with Crippen molar-refractivity contribution in [2.45, 2.75) is 26.2 Å². The number of hydrogen-bond donors (Lipinski definition) is 4. The van der Waals surface area contributed by atoms with Gasteiger partial charge in [0.15, 0.2) is 23.0 Å². The smallest absolute Gasteiger partial charge is 0.157 e.